The molecule has 0 bridgehead atoms. The Bertz CT molecular complexity index is 700. The summed E-state index contributed by atoms with van der Waals surface area (Å²) < 4.78 is 0.418. The van der Waals surface area contributed by atoms with Gasteiger partial charge in [-0.25, -0.2) is 0 Å². The van der Waals surface area contributed by atoms with Crippen molar-refractivity contribution < 1.29 is 15.0 Å². The van der Waals surface area contributed by atoms with Crippen LogP contribution in [0.25, 0.3) is 0 Å². The number of para-hydroxylation sites is 1. The van der Waals surface area contributed by atoms with Crippen LogP contribution in [0, 0.1) is 20.2 Å². The number of phenolic OH excluding ortho intramolecular Hbond substituents is 1. The molecule has 0 amide bonds. The number of nitrogens with zero attached hydrogens (tertiary/aromatic N) is 2. The zero-order chi connectivity index (χ0) is 15.6. The first kappa shape index (κ1) is 14.9. The van der Waals surface area contributed by atoms with Crippen LogP contribution in [0.1, 0.15) is 11.1 Å². The highest BCUT2D eigenvalue weighted by atomic mass is 79.9. The summed E-state index contributed by atoms with van der Waals surface area (Å²) in [6, 6.07) is 8.47. The van der Waals surface area contributed by atoms with Crippen LogP contribution in [0.15, 0.2) is 40.9 Å². The first-order valence-corrected chi connectivity index (χ1v) is 6.58. The molecule has 2 aromatic carbocycles. The van der Waals surface area contributed by atoms with Crippen molar-refractivity contribution in [1.82, 2.24) is 0 Å². The van der Waals surface area contributed by atoms with E-state index in [2.05, 4.69) is 15.9 Å². The molecule has 0 atom stereocenters. The van der Waals surface area contributed by atoms with Crippen LogP contribution < -0.4 is 0 Å². The second kappa shape index (κ2) is 5.88. The maximum Gasteiger partial charge on any atom is 0.279 e. The summed E-state index contributed by atoms with van der Waals surface area (Å²) in [5, 5.41) is 32.0. The molecule has 0 saturated carbocycles. The predicted molar refractivity (Wildman–Crippen MR) is 78.4 cm³/mol. The van der Waals surface area contributed by atoms with Crippen molar-refractivity contribution in [1.29, 1.82) is 0 Å². The van der Waals surface area contributed by atoms with E-state index in [-0.39, 0.29) is 29.1 Å². The van der Waals surface area contributed by atoms with Gasteiger partial charge < -0.3 is 5.11 Å². The molecule has 2 aromatic rings. The minimum atomic E-state index is -0.669. The zero-order valence-electron chi connectivity index (χ0n) is 10.5. The largest absolute Gasteiger partial charge is 0.506 e. The van der Waals surface area contributed by atoms with E-state index in [1.807, 2.05) is 0 Å². The van der Waals surface area contributed by atoms with E-state index >= 15 is 0 Å². The smallest absolute Gasteiger partial charge is 0.279 e. The maximum atomic E-state index is 11.0. The molecule has 21 heavy (non-hydrogen) atoms. The van der Waals surface area contributed by atoms with E-state index in [1.54, 1.807) is 18.2 Å². The fourth-order valence-electron chi connectivity index (χ4n) is 1.98. The molecular weight excluding hydrogens is 344 g/mol. The Kier molecular flexibility index (Phi) is 4.18. The van der Waals surface area contributed by atoms with Gasteiger partial charge >= 0.3 is 0 Å². The quantitative estimate of drug-likeness (QED) is 0.668. The Morgan fingerprint density at radius 1 is 1.00 bits per heavy atom. The molecule has 0 aliphatic carbocycles. The molecule has 0 heterocycles. The number of nitro groups is 2. The van der Waals surface area contributed by atoms with Gasteiger partial charge in [-0.3, -0.25) is 20.2 Å². The number of hydrogen-bond acceptors (Lipinski definition) is 5. The van der Waals surface area contributed by atoms with Crippen LogP contribution >= 0.6 is 15.9 Å². The molecule has 108 valence electrons. The van der Waals surface area contributed by atoms with Gasteiger partial charge in [0.05, 0.1) is 14.3 Å². The van der Waals surface area contributed by atoms with Crippen molar-refractivity contribution in [3.8, 4) is 5.75 Å². The summed E-state index contributed by atoms with van der Waals surface area (Å²) in [6.07, 6.45) is -0.112. The van der Waals surface area contributed by atoms with Gasteiger partial charge in [0.25, 0.3) is 11.4 Å². The van der Waals surface area contributed by atoms with Crippen LogP contribution in [0.5, 0.6) is 5.75 Å². The molecule has 0 saturated heterocycles. The molecule has 2 rings (SSSR count). The normalized spacial score (nSPS) is 10.3. The lowest BCUT2D eigenvalue weighted by molar-refractivity contribution is -0.395. The third-order valence-electron chi connectivity index (χ3n) is 2.96. The van der Waals surface area contributed by atoms with Crippen LogP contribution in [-0.4, -0.2) is 15.0 Å². The lowest BCUT2D eigenvalue weighted by Crippen LogP contribution is -2.02. The molecule has 0 spiro atoms. The number of benzene rings is 2. The third kappa shape index (κ3) is 3.00. The van der Waals surface area contributed by atoms with Gasteiger partial charge in [-0.2, -0.15) is 0 Å². The van der Waals surface area contributed by atoms with Gasteiger partial charge in [-0.15, -0.1) is 0 Å². The summed E-state index contributed by atoms with van der Waals surface area (Å²) in [6.45, 7) is 0. The highest BCUT2D eigenvalue weighted by molar-refractivity contribution is 9.10. The highest BCUT2D eigenvalue weighted by Gasteiger charge is 2.25. The van der Waals surface area contributed by atoms with E-state index < -0.39 is 9.85 Å². The van der Waals surface area contributed by atoms with Gasteiger partial charge in [-0.05, 0) is 33.6 Å². The average molecular weight is 353 g/mol. The Labute approximate surface area is 127 Å². The zero-order valence-corrected chi connectivity index (χ0v) is 12.1. The van der Waals surface area contributed by atoms with Crippen molar-refractivity contribution in [2.45, 2.75) is 6.42 Å². The van der Waals surface area contributed by atoms with Gasteiger partial charge in [0.2, 0.25) is 0 Å². The molecule has 0 aromatic heterocycles. The Balaban J connectivity index is 2.59. The number of aromatic hydroxyl groups is 1. The summed E-state index contributed by atoms with van der Waals surface area (Å²) in [4.78, 5) is 20.8. The van der Waals surface area contributed by atoms with E-state index in [0.717, 1.165) is 0 Å². The SMILES string of the molecule is O=[N+]([O-])c1cccc([N+](=O)[O-])c1Cc1cccc(Br)c1O. The van der Waals surface area contributed by atoms with Gasteiger partial charge in [0.15, 0.2) is 0 Å². The van der Waals surface area contributed by atoms with Crippen molar-refractivity contribution in [2.24, 2.45) is 0 Å². The summed E-state index contributed by atoms with van der Waals surface area (Å²) in [5.74, 6) is -0.0926. The van der Waals surface area contributed by atoms with Crippen molar-refractivity contribution in [2.75, 3.05) is 0 Å². The molecule has 1 N–H and O–H groups in total. The number of rotatable bonds is 4. The Hall–Kier alpha value is -2.48. The minimum absolute atomic E-state index is 0.0408. The monoisotopic (exact) mass is 352 g/mol. The molecule has 0 radical (unpaired) electrons. The van der Waals surface area contributed by atoms with Crippen LogP contribution in [-0.2, 0) is 6.42 Å². The van der Waals surface area contributed by atoms with Gasteiger partial charge in [0, 0.05) is 18.6 Å². The maximum absolute atomic E-state index is 11.0. The Morgan fingerprint density at radius 2 is 1.52 bits per heavy atom. The minimum Gasteiger partial charge on any atom is -0.506 e. The molecule has 0 unspecified atom stereocenters. The lowest BCUT2D eigenvalue weighted by atomic mass is 10.0. The number of nitro benzene ring substituents is 2. The first-order valence-electron chi connectivity index (χ1n) is 5.79. The third-order valence-corrected chi connectivity index (χ3v) is 3.60. The van der Waals surface area contributed by atoms with Crippen molar-refractivity contribution in [3.63, 3.8) is 0 Å². The fourth-order valence-corrected chi connectivity index (χ4v) is 2.39. The number of hydrogen-bond donors (Lipinski definition) is 1. The lowest BCUT2D eigenvalue weighted by Gasteiger charge is -2.07. The predicted octanol–water partition coefficient (Wildman–Crippen LogP) is 3.56. The molecule has 7 nitrogen and oxygen atoms in total. The Morgan fingerprint density at radius 3 is 2.05 bits per heavy atom. The molecule has 8 heteroatoms. The van der Waals surface area contributed by atoms with Crippen molar-refractivity contribution >= 4 is 27.3 Å². The molecule has 0 aliphatic heterocycles. The standard InChI is InChI=1S/C13H9BrN2O5/c14-10-4-1-3-8(13(10)17)7-9-11(15(18)19)5-2-6-12(9)16(20)21/h1-6,17H,7H2. The topological polar surface area (TPSA) is 107 Å². The summed E-state index contributed by atoms with van der Waals surface area (Å²) in [5.41, 5.74) is -0.366. The van der Waals surface area contributed by atoms with Crippen LogP contribution in [0.2, 0.25) is 0 Å². The molecule has 0 aliphatic rings. The summed E-state index contributed by atoms with van der Waals surface area (Å²) >= 11 is 3.14. The van der Waals surface area contributed by atoms with Gasteiger partial charge in [0.1, 0.15) is 11.3 Å². The molecular formula is C13H9BrN2O5. The van der Waals surface area contributed by atoms with Crippen LogP contribution in [0.3, 0.4) is 0 Å². The van der Waals surface area contributed by atoms with Gasteiger partial charge in [-0.1, -0.05) is 12.1 Å². The second-order valence-electron chi connectivity index (χ2n) is 4.21. The summed E-state index contributed by atoms with van der Waals surface area (Å²) in [7, 11) is 0. The average Bonchev–Trinajstić information content (AvgIpc) is 2.43. The second-order valence-corrected chi connectivity index (χ2v) is 5.07. The number of halogens is 1. The van der Waals surface area contributed by atoms with Crippen LogP contribution in [0.4, 0.5) is 11.4 Å². The first-order chi connectivity index (χ1) is 9.91. The van der Waals surface area contributed by atoms with E-state index in [0.29, 0.717) is 10.0 Å². The van der Waals surface area contributed by atoms with Crippen molar-refractivity contribution in [3.05, 3.63) is 72.2 Å². The van der Waals surface area contributed by atoms with E-state index in [9.17, 15) is 25.3 Å². The van der Waals surface area contributed by atoms with E-state index in [1.165, 1.54) is 18.2 Å². The molecule has 0 fully saturated rings. The number of phenols is 1. The van der Waals surface area contributed by atoms with E-state index in [4.69, 9.17) is 0 Å². The highest BCUT2D eigenvalue weighted by Crippen LogP contribution is 2.35. The fraction of sp³-hybridized carbons (Fsp3) is 0.0769.